The van der Waals surface area contributed by atoms with Crippen molar-refractivity contribution in [3.05, 3.63) is 112 Å². The average Bonchev–Trinajstić information content (AvgIpc) is 3.24. The third kappa shape index (κ3) is 3.76. The van der Waals surface area contributed by atoms with Gasteiger partial charge in [0.15, 0.2) is 5.16 Å². The van der Waals surface area contributed by atoms with Crippen molar-refractivity contribution < 1.29 is 0 Å². The zero-order valence-corrected chi connectivity index (χ0v) is 18.8. The van der Waals surface area contributed by atoms with Crippen LogP contribution in [-0.4, -0.2) is 14.5 Å². The molecule has 2 heterocycles. The molecule has 0 aliphatic rings. The largest absolute Gasteiger partial charge is 0.355 e. The van der Waals surface area contributed by atoms with Crippen molar-refractivity contribution in [3.63, 3.8) is 0 Å². The molecule has 0 bridgehead atoms. The van der Waals surface area contributed by atoms with E-state index in [1.165, 1.54) is 11.1 Å². The Kier molecular flexibility index (Phi) is 5.41. The van der Waals surface area contributed by atoms with Crippen molar-refractivity contribution in [2.24, 2.45) is 0 Å². The van der Waals surface area contributed by atoms with E-state index in [1.807, 2.05) is 67.7 Å². The Morgan fingerprint density at radius 1 is 0.906 bits per heavy atom. The number of rotatable bonds is 5. The molecular formula is C27H23N3OS. The van der Waals surface area contributed by atoms with Gasteiger partial charge < -0.3 is 4.98 Å². The lowest BCUT2D eigenvalue weighted by Crippen LogP contribution is -2.22. The van der Waals surface area contributed by atoms with E-state index in [0.717, 1.165) is 28.1 Å². The van der Waals surface area contributed by atoms with Crippen molar-refractivity contribution in [3.8, 4) is 16.8 Å². The van der Waals surface area contributed by atoms with E-state index in [-0.39, 0.29) is 5.56 Å². The second kappa shape index (κ2) is 8.52. The first-order chi connectivity index (χ1) is 15.6. The van der Waals surface area contributed by atoms with Crippen LogP contribution in [0.4, 0.5) is 0 Å². The molecule has 32 heavy (non-hydrogen) atoms. The maximum absolute atomic E-state index is 13.7. The van der Waals surface area contributed by atoms with Gasteiger partial charge in [0.05, 0.1) is 5.69 Å². The van der Waals surface area contributed by atoms with Crippen LogP contribution in [-0.2, 0) is 5.75 Å². The molecule has 0 spiro atoms. The molecule has 3 aromatic carbocycles. The molecule has 5 heteroatoms. The van der Waals surface area contributed by atoms with Gasteiger partial charge in [0.1, 0.15) is 11.0 Å². The van der Waals surface area contributed by atoms with Gasteiger partial charge in [-0.3, -0.25) is 9.36 Å². The third-order valence-corrected chi connectivity index (χ3v) is 6.61. The van der Waals surface area contributed by atoms with Crippen molar-refractivity contribution in [2.75, 3.05) is 0 Å². The number of aryl methyl sites for hydroxylation is 2. The van der Waals surface area contributed by atoms with Gasteiger partial charge in [-0.25, -0.2) is 4.98 Å². The van der Waals surface area contributed by atoms with E-state index >= 15 is 0 Å². The summed E-state index contributed by atoms with van der Waals surface area (Å²) in [5.41, 5.74) is 7.43. The minimum Gasteiger partial charge on any atom is -0.355 e. The number of hydrogen-bond donors (Lipinski definition) is 1. The summed E-state index contributed by atoms with van der Waals surface area (Å²) in [4.78, 5) is 21.9. The zero-order chi connectivity index (χ0) is 22.1. The first-order valence-corrected chi connectivity index (χ1v) is 11.5. The van der Waals surface area contributed by atoms with E-state index in [0.29, 0.717) is 16.2 Å². The second-order valence-corrected chi connectivity index (χ2v) is 8.83. The van der Waals surface area contributed by atoms with E-state index in [4.69, 9.17) is 4.98 Å². The number of nitrogens with zero attached hydrogens (tertiary/aromatic N) is 2. The maximum atomic E-state index is 13.7. The number of nitrogens with one attached hydrogen (secondary N) is 1. The van der Waals surface area contributed by atoms with Crippen LogP contribution in [0.3, 0.4) is 0 Å². The minimum atomic E-state index is -0.0853. The molecule has 5 aromatic rings. The van der Waals surface area contributed by atoms with Crippen molar-refractivity contribution in [2.45, 2.75) is 24.8 Å². The number of hydrogen-bond acceptors (Lipinski definition) is 3. The monoisotopic (exact) mass is 437 g/mol. The molecule has 158 valence electrons. The van der Waals surface area contributed by atoms with Gasteiger partial charge in [-0.15, -0.1) is 0 Å². The lowest BCUT2D eigenvalue weighted by Gasteiger charge is -2.14. The summed E-state index contributed by atoms with van der Waals surface area (Å²) in [6, 6.07) is 26.5. The molecule has 5 rings (SSSR count). The molecule has 2 aromatic heterocycles. The Bertz CT molecular complexity index is 1450. The highest BCUT2D eigenvalue weighted by Gasteiger charge is 2.18. The fourth-order valence-corrected chi connectivity index (χ4v) is 4.79. The summed E-state index contributed by atoms with van der Waals surface area (Å²) >= 11 is 1.58. The lowest BCUT2D eigenvalue weighted by atomic mass is 10.1. The first kappa shape index (κ1) is 20.3. The highest BCUT2D eigenvalue weighted by molar-refractivity contribution is 7.98. The Hall–Kier alpha value is -3.57. The smallest absolute Gasteiger partial charge is 0.283 e. The highest BCUT2D eigenvalue weighted by atomic mass is 32.2. The average molecular weight is 438 g/mol. The van der Waals surface area contributed by atoms with Crippen LogP contribution in [0.15, 0.2) is 95.0 Å². The minimum absolute atomic E-state index is 0.0853. The van der Waals surface area contributed by atoms with Gasteiger partial charge in [-0.1, -0.05) is 90.1 Å². The van der Waals surface area contributed by atoms with Crippen LogP contribution >= 0.6 is 11.8 Å². The van der Waals surface area contributed by atoms with E-state index < -0.39 is 0 Å². The van der Waals surface area contributed by atoms with Crippen molar-refractivity contribution in [1.29, 1.82) is 0 Å². The third-order valence-electron chi connectivity index (χ3n) is 5.60. The second-order valence-electron chi connectivity index (χ2n) is 7.89. The Balaban J connectivity index is 1.69. The number of aromatic nitrogens is 3. The van der Waals surface area contributed by atoms with Crippen LogP contribution < -0.4 is 5.56 Å². The van der Waals surface area contributed by atoms with E-state index in [2.05, 4.69) is 36.2 Å². The van der Waals surface area contributed by atoms with Gasteiger partial charge in [-0.05, 0) is 36.6 Å². The predicted octanol–water partition coefficient (Wildman–Crippen LogP) is 6.29. The molecular weight excluding hydrogens is 414 g/mol. The van der Waals surface area contributed by atoms with Crippen LogP contribution in [0.5, 0.6) is 0 Å². The SMILES string of the molecule is Cc1ccc(CSc2nc3c(-c4ccccc4)c[nH]c3c(=O)n2-c2ccccc2C)cc1. The summed E-state index contributed by atoms with van der Waals surface area (Å²) in [7, 11) is 0. The number of benzene rings is 3. The van der Waals surface area contributed by atoms with Crippen LogP contribution in [0.25, 0.3) is 27.8 Å². The van der Waals surface area contributed by atoms with Gasteiger partial charge in [0, 0.05) is 17.5 Å². The fraction of sp³-hybridized carbons (Fsp3) is 0.111. The van der Waals surface area contributed by atoms with Crippen LogP contribution in [0.1, 0.15) is 16.7 Å². The Labute approximate surface area is 191 Å². The quantitative estimate of drug-likeness (QED) is 0.260. The highest BCUT2D eigenvalue weighted by Crippen LogP contribution is 2.30. The normalized spacial score (nSPS) is 11.2. The standard InChI is InChI=1S/C27H23N3OS/c1-18-12-14-20(15-13-18)17-32-27-29-24-22(21-9-4-3-5-10-21)16-28-25(24)26(31)30(27)23-11-7-6-8-19(23)2/h3-16,28H,17H2,1-2H3. The first-order valence-electron chi connectivity index (χ1n) is 10.6. The summed E-state index contributed by atoms with van der Waals surface area (Å²) < 4.78 is 1.74. The maximum Gasteiger partial charge on any atom is 0.283 e. The van der Waals surface area contributed by atoms with Gasteiger partial charge in [-0.2, -0.15) is 0 Å². The van der Waals surface area contributed by atoms with Crippen molar-refractivity contribution in [1.82, 2.24) is 14.5 Å². The van der Waals surface area contributed by atoms with E-state index in [1.54, 1.807) is 16.3 Å². The van der Waals surface area contributed by atoms with Crippen LogP contribution in [0, 0.1) is 13.8 Å². The molecule has 4 nitrogen and oxygen atoms in total. The molecule has 0 saturated carbocycles. The number of thioether (sulfide) groups is 1. The van der Waals surface area contributed by atoms with Gasteiger partial charge >= 0.3 is 0 Å². The molecule has 0 fully saturated rings. The number of fused-ring (bicyclic) bond motifs is 1. The molecule has 0 aliphatic heterocycles. The predicted molar refractivity (Wildman–Crippen MR) is 133 cm³/mol. The van der Waals surface area contributed by atoms with Gasteiger partial charge in [0.2, 0.25) is 0 Å². The molecule has 0 amide bonds. The Morgan fingerprint density at radius 3 is 2.38 bits per heavy atom. The molecule has 0 aliphatic carbocycles. The fourth-order valence-electron chi connectivity index (χ4n) is 3.83. The summed E-state index contributed by atoms with van der Waals surface area (Å²) in [6.07, 6.45) is 1.88. The Morgan fingerprint density at radius 2 is 1.62 bits per heavy atom. The van der Waals surface area contributed by atoms with Crippen molar-refractivity contribution >= 4 is 22.8 Å². The zero-order valence-electron chi connectivity index (χ0n) is 18.0. The molecule has 0 radical (unpaired) electrons. The number of aromatic amines is 1. The number of H-pyrrole nitrogens is 1. The van der Waals surface area contributed by atoms with Gasteiger partial charge in [0.25, 0.3) is 5.56 Å². The molecule has 1 N–H and O–H groups in total. The summed E-state index contributed by atoms with van der Waals surface area (Å²) in [5.74, 6) is 0.731. The van der Waals surface area contributed by atoms with E-state index in [9.17, 15) is 4.79 Å². The number of para-hydroxylation sites is 1. The molecule has 0 atom stereocenters. The molecule has 0 saturated heterocycles. The summed E-state index contributed by atoms with van der Waals surface area (Å²) in [5, 5.41) is 0.689. The lowest BCUT2D eigenvalue weighted by molar-refractivity contribution is 0.813. The topological polar surface area (TPSA) is 50.7 Å². The van der Waals surface area contributed by atoms with Crippen LogP contribution in [0.2, 0.25) is 0 Å². The summed E-state index contributed by atoms with van der Waals surface area (Å²) in [6.45, 7) is 4.10. The molecule has 0 unspecified atom stereocenters.